The molecule has 11 aromatic carbocycles. The predicted molar refractivity (Wildman–Crippen MR) is 361 cm³/mol. The average molecular weight is 1120 g/mol. The highest BCUT2D eigenvalue weighted by molar-refractivity contribution is 6.24. The molecule has 3 heterocycles. The van der Waals surface area contributed by atoms with Crippen LogP contribution in [0, 0.1) is 0 Å². The summed E-state index contributed by atoms with van der Waals surface area (Å²) >= 11 is 0. The molecule has 424 valence electrons. The van der Waals surface area contributed by atoms with Crippen molar-refractivity contribution in [2.24, 2.45) is 0 Å². The largest absolute Gasteiger partial charge is 0.454 e. The third kappa shape index (κ3) is 8.03. The minimum atomic E-state index is -0.936. The number of benzene rings is 11. The van der Waals surface area contributed by atoms with Crippen LogP contribution in [0.4, 0.5) is 51.2 Å². The van der Waals surface area contributed by atoms with Gasteiger partial charge in [0.15, 0.2) is 17.1 Å². The van der Waals surface area contributed by atoms with Crippen molar-refractivity contribution in [1.29, 1.82) is 0 Å². The summed E-state index contributed by atoms with van der Waals surface area (Å²) in [5.41, 5.74) is 22.3. The van der Waals surface area contributed by atoms with Crippen LogP contribution < -0.4 is 19.4 Å². The van der Waals surface area contributed by atoms with Gasteiger partial charge < -0.3 is 23.9 Å². The fourth-order valence-electron chi connectivity index (χ4n) is 14.2. The fourth-order valence-corrected chi connectivity index (χ4v) is 14.2. The number of furan rings is 1. The highest BCUT2D eigenvalue weighted by Gasteiger charge is 2.55. The Labute approximate surface area is 506 Å². The van der Waals surface area contributed by atoms with Crippen LogP contribution in [-0.2, 0) is 27.1 Å². The summed E-state index contributed by atoms with van der Waals surface area (Å²) in [6, 6.07) is 84.3. The number of anilines is 9. The maximum atomic E-state index is 7.50. The van der Waals surface area contributed by atoms with Gasteiger partial charge in [-0.1, -0.05) is 217 Å². The lowest BCUT2D eigenvalue weighted by Gasteiger charge is -2.47. The van der Waals surface area contributed by atoms with E-state index in [4.69, 9.17) is 9.15 Å². The van der Waals surface area contributed by atoms with Crippen LogP contribution in [0.5, 0.6) is 11.5 Å². The molecule has 0 saturated heterocycles. The standard InChI is InChI=1S/C81H73N3O2/c1-77(2,3)50-32-40-54(41-33-50)82(55-42-34-51(35-43-55)78(4,5)6)67-48-63-72(59-23-14-13-22-58(59)67)74-64(81(63)61-25-16-17-27-65(61)84-66-28-18-20-30-70(66)85-71-31-21-26-62(81)75(71)84)49-68(76-73(74)60-24-15-19-29-69(60)86-76)83(56-44-36-52(37-45-56)79(7,8)9)57-46-38-53(39-47-57)80(10,11)12/h13-49H,1-12H3. The van der Waals surface area contributed by atoms with E-state index in [0.29, 0.717) is 0 Å². The fraction of sp³-hybridized carbons (Fsp3) is 0.210. The summed E-state index contributed by atoms with van der Waals surface area (Å²) < 4.78 is 14.6. The Balaban J connectivity index is 1.12. The second-order valence-electron chi connectivity index (χ2n) is 28.2. The van der Waals surface area contributed by atoms with E-state index < -0.39 is 5.41 Å². The van der Waals surface area contributed by atoms with Gasteiger partial charge in [-0.25, -0.2) is 0 Å². The molecule has 0 amide bonds. The summed E-state index contributed by atoms with van der Waals surface area (Å²) in [5.74, 6) is 1.65. The molecule has 15 rings (SSSR count). The monoisotopic (exact) mass is 1120 g/mol. The molecule has 0 fully saturated rings. The molecule has 0 bridgehead atoms. The summed E-state index contributed by atoms with van der Waals surface area (Å²) in [6.45, 7) is 27.5. The van der Waals surface area contributed by atoms with Gasteiger partial charge in [0.1, 0.15) is 5.58 Å². The van der Waals surface area contributed by atoms with Gasteiger partial charge in [-0.05, 0) is 174 Å². The third-order valence-electron chi connectivity index (χ3n) is 18.7. The first-order valence-corrected chi connectivity index (χ1v) is 30.6. The van der Waals surface area contributed by atoms with Gasteiger partial charge in [-0.2, -0.15) is 0 Å². The number of ether oxygens (including phenoxy) is 1. The SMILES string of the molecule is CC(C)(C)c1ccc(N(c2ccc(C(C)(C)C)cc2)c2cc3c(c4ccccc24)-c2c(cc(N(c4ccc(C(C)(C)C)cc4)c4ccc(C(C)(C)C)cc4)c4oc5ccccc5c24)C32c3ccccc3N3c4ccccc4Oc4cccc2c43)cc1. The molecule has 0 saturated carbocycles. The van der Waals surface area contributed by atoms with Crippen molar-refractivity contribution in [2.75, 3.05) is 14.7 Å². The second-order valence-corrected chi connectivity index (χ2v) is 28.2. The van der Waals surface area contributed by atoms with Crippen LogP contribution in [0.3, 0.4) is 0 Å². The van der Waals surface area contributed by atoms with E-state index in [2.05, 4.69) is 322 Å². The molecule has 1 aliphatic carbocycles. The van der Waals surface area contributed by atoms with Crippen LogP contribution in [0.2, 0.25) is 0 Å². The Morgan fingerprint density at radius 3 is 1.31 bits per heavy atom. The van der Waals surface area contributed by atoms with E-state index >= 15 is 0 Å². The lowest BCUT2D eigenvalue weighted by molar-refractivity contribution is 0.473. The van der Waals surface area contributed by atoms with Crippen molar-refractivity contribution in [2.45, 2.75) is 110 Å². The molecule has 1 spiro atoms. The van der Waals surface area contributed by atoms with Crippen LogP contribution in [-0.4, -0.2) is 0 Å². The highest BCUT2D eigenvalue weighted by Crippen LogP contribution is 2.70. The Hall–Kier alpha value is -9.32. The molecular formula is C81H73N3O2. The lowest BCUT2D eigenvalue weighted by Crippen LogP contribution is -2.37. The van der Waals surface area contributed by atoms with E-state index in [9.17, 15) is 0 Å². The first-order chi connectivity index (χ1) is 41.2. The molecule has 0 radical (unpaired) electrons. The molecule has 86 heavy (non-hydrogen) atoms. The first kappa shape index (κ1) is 53.4. The van der Waals surface area contributed by atoms with Crippen molar-refractivity contribution in [3.8, 4) is 22.6 Å². The number of nitrogens with zero attached hydrogens (tertiary/aromatic N) is 3. The van der Waals surface area contributed by atoms with E-state index in [0.717, 1.165) is 95.6 Å². The van der Waals surface area contributed by atoms with Crippen molar-refractivity contribution < 1.29 is 9.15 Å². The third-order valence-corrected chi connectivity index (χ3v) is 18.7. The van der Waals surface area contributed by atoms with Crippen molar-refractivity contribution >= 4 is 83.9 Å². The van der Waals surface area contributed by atoms with Crippen molar-refractivity contribution in [3.63, 3.8) is 0 Å². The molecule has 1 atom stereocenters. The summed E-state index contributed by atoms with van der Waals surface area (Å²) in [5, 5.41) is 4.47. The minimum Gasteiger partial charge on any atom is -0.454 e. The van der Waals surface area contributed by atoms with Gasteiger partial charge in [0.05, 0.1) is 33.9 Å². The first-order valence-electron chi connectivity index (χ1n) is 30.6. The number of hydrogen-bond acceptors (Lipinski definition) is 5. The summed E-state index contributed by atoms with van der Waals surface area (Å²) in [6.07, 6.45) is 0. The molecule has 5 nitrogen and oxygen atoms in total. The van der Waals surface area contributed by atoms with Gasteiger partial charge in [0.25, 0.3) is 0 Å². The maximum Gasteiger partial charge on any atom is 0.160 e. The summed E-state index contributed by atoms with van der Waals surface area (Å²) in [4.78, 5) is 7.43. The molecule has 1 aromatic heterocycles. The minimum absolute atomic E-state index is 0.0276. The molecule has 1 unspecified atom stereocenters. The predicted octanol–water partition coefficient (Wildman–Crippen LogP) is 23.1. The van der Waals surface area contributed by atoms with Gasteiger partial charge in [-0.15, -0.1) is 0 Å². The Morgan fingerprint density at radius 1 is 0.349 bits per heavy atom. The maximum absolute atomic E-state index is 7.50. The van der Waals surface area contributed by atoms with E-state index in [1.165, 1.54) is 55.5 Å². The van der Waals surface area contributed by atoms with Crippen molar-refractivity contribution in [1.82, 2.24) is 0 Å². The quantitative estimate of drug-likeness (QED) is 0.166. The number of para-hydroxylation sites is 5. The number of rotatable bonds is 6. The molecule has 3 aliphatic rings. The number of fused-ring (bicyclic) bond motifs is 17. The Morgan fingerprint density at radius 2 is 0.767 bits per heavy atom. The van der Waals surface area contributed by atoms with E-state index in [1.807, 2.05) is 0 Å². The highest BCUT2D eigenvalue weighted by atomic mass is 16.5. The average Bonchev–Trinajstić information content (AvgIpc) is 1.43. The summed E-state index contributed by atoms with van der Waals surface area (Å²) in [7, 11) is 0. The van der Waals surface area contributed by atoms with Gasteiger partial charge in [-0.3, -0.25) is 0 Å². The Kier molecular flexibility index (Phi) is 11.7. The zero-order valence-corrected chi connectivity index (χ0v) is 51.5. The zero-order chi connectivity index (χ0) is 59.4. The smallest absolute Gasteiger partial charge is 0.160 e. The van der Waals surface area contributed by atoms with E-state index in [-0.39, 0.29) is 21.7 Å². The number of hydrogen-bond donors (Lipinski definition) is 0. The topological polar surface area (TPSA) is 32.1 Å². The molecule has 2 aliphatic heterocycles. The van der Waals surface area contributed by atoms with Gasteiger partial charge >= 0.3 is 0 Å². The van der Waals surface area contributed by atoms with Crippen LogP contribution >= 0.6 is 0 Å². The Bertz CT molecular complexity index is 4580. The van der Waals surface area contributed by atoms with Crippen LogP contribution in [0.1, 0.15) is 128 Å². The molecular weight excluding hydrogens is 1050 g/mol. The lowest BCUT2D eigenvalue weighted by atomic mass is 9.64. The van der Waals surface area contributed by atoms with Gasteiger partial charge in [0, 0.05) is 38.9 Å². The molecule has 5 heteroatoms. The van der Waals surface area contributed by atoms with E-state index in [1.54, 1.807) is 0 Å². The zero-order valence-electron chi connectivity index (χ0n) is 51.5. The van der Waals surface area contributed by atoms with Crippen molar-refractivity contribution in [3.05, 3.63) is 269 Å². The van der Waals surface area contributed by atoms with Crippen LogP contribution in [0.15, 0.2) is 229 Å². The van der Waals surface area contributed by atoms with Crippen LogP contribution in [0.25, 0.3) is 43.8 Å². The molecule has 12 aromatic rings. The second kappa shape index (κ2) is 18.8. The normalized spacial score (nSPS) is 15.1. The molecule has 0 N–H and O–H groups in total. The van der Waals surface area contributed by atoms with Gasteiger partial charge in [0.2, 0.25) is 0 Å².